The number of hydrogen-bond acceptors (Lipinski definition) is 4. The van der Waals surface area contributed by atoms with Crippen molar-refractivity contribution in [3.63, 3.8) is 0 Å². The van der Waals surface area contributed by atoms with Gasteiger partial charge in [-0.2, -0.15) is 0 Å². The summed E-state index contributed by atoms with van der Waals surface area (Å²) in [4.78, 5) is 12.5. The Morgan fingerprint density at radius 3 is 2.04 bits per heavy atom. The van der Waals surface area contributed by atoms with Crippen molar-refractivity contribution in [3.8, 4) is 0 Å². The monoisotopic (exact) mass is 335 g/mol. The van der Waals surface area contributed by atoms with Crippen molar-refractivity contribution in [2.24, 2.45) is 0 Å². The zero-order valence-electron chi connectivity index (χ0n) is 14.3. The molecule has 1 atom stereocenters. The smallest absolute Gasteiger partial charge is 0.242 e. The Balaban J connectivity index is 1.76. The van der Waals surface area contributed by atoms with Crippen LogP contribution in [0.15, 0.2) is 71.3 Å². The van der Waals surface area contributed by atoms with E-state index in [1.165, 1.54) is 0 Å². The van der Waals surface area contributed by atoms with E-state index in [2.05, 4.69) is 40.1 Å². The molecule has 0 aliphatic heterocycles. The molecular formula is C20H21N3O2. The van der Waals surface area contributed by atoms with E-state index in [4.69, 9.17) is 4.52 Å². The summed E-state index contributed by atoms with van der Waals surface area (Å²) in [5, 5.41) is 9.97. The topological polar surface area (TPSA) is 67.2 Å². The van der Waals surface area contributed by atoms with Gasteiger partial charge in [0.15, 0.2) is 5.82 Å². The van der Waals surface area contributed by atoms with E-state index < -0.39 is 6.04 Å². The lowest BCUT2D eigenvalue weighted by molar-refractivity contribution is -0.117. The highest BCUT2D eigenvalue weighted by Gasteiger charge is 2.21. The molecule has 0 spiro atoms. The van der Waals surface area contributed by atoms with Crippen molar-refractivity contribution in [2.75, 3.05) is 5.32 Å². The molecule has 1 amide bonds. The molecule has 0 fully saturated rings. The zero-order chi connectivity index (χ0) is 17.6. The second-order valence-electron chi connectivity index (χ2n) is 5.95. The van der Waals surface area contributed by atoms with Crippen LogP contribution < -0.4 is 10.6 Å². The van der Waals surface area contributed by atoms with Crippen LogP contribution in [0.4, 0.5) is 5.82 Å². The molecule has 2 aromatic carbocycles. The van der Waals surface area contributed by atoms with Gasteiger partial charge in [0.25, 0.3) is 0 Å². The van der Waals surface area contributed by atoms with Crippen molar-refractivity contribution < 1.29 is 9.32 Å². The van der Waals surface area contributed by atoms with Gasteiger partial charge < -0.3 is 9.84 Å². The van der Waals surface area contributed by atoms with Gasteiger partial charge in [0.2, 0.25) is 5.91 Å². The summed E-state index contributed by atoms with van der Waals surface area (Å²) < 4.78 is 4.98. The van der Waals surface area contributed by atoms with Crippen LogP contribution in [-0.2, 0) is 4.79 Å². The fraction of sp³-hybridized carbons (Fsp3) is 0.200. The lowest BCUT2D eigenvalue weighted by atomic mass is 9.98. The summed E-state index contributed by atoms with van der Waals surface area (Å²) in [5.74, 6) is 0.916. The van der Waals surface area contributed by atoms with Gasteiger partial charge in [-0.15, -0.1) is 0 Å². The third kappa shape index (κ3) is 4.33. The van der Waals surface area contributed by atoms with Crippen LogP contribution in [0.5, 0.6) is 0 Å². The van der Waals surface area contributed by atoms with Crippen molar-refractivity contribution in [1.29, 1.82) is 0 Å². The Hall–Kier alpha value is -2.92. The zero-order valence-corrected chi connectivity index (χ0v) is 14.3. The number of aryl methyl sites for hydroxylation is 1. The Bertz CT molecular complexity index is 776. The highest BCUT2D eigenvalue weighted by Crippen LogP contribution is 2.22. The van der Waals surface area contributed by atoms with Gasteiger partial charge in [-0.3, -0.25) is 10.1 Å². The lowest BCUT2D eigenvalue weighted by Crippen LogP contribution is -2.40. The molecule has 1 aromatic heterocycles. The Labute approximate surface area is 147 Å². The van der Waals surface area contributed by atoms with Crippen LogP contribution in [-0.4, -0.2) is 17.1 Å². The first kappa shape index (κ1) is 16.9. The van der Waals surface area contributed by atoms with Gasteiger partial charge in [0.05, 0.1) is 12.1 Å². The Morgan fingerprint density at radius 1 is 1.00 bits per heavy atom. The molecule has 0 unspecified atom stereocenters. The van der Waals surface area contributed by atoms with E-state index >= 15 is 0 Å². The molecule has 0 saturated carbocycles. The molecule has 128 valence electrons. The molecular weight excluding hydrogens is 314 g/mol. The molecule has 0 aliphatic rings. The number of nitrogens with one attached hydrogen (secondary N) is 2. The van der Waals surface area contributed by atoms with E-state index in [0.717, 1.165) is 11.1 Å². The number of carbonyl (C=O) groups is 1. The first-order valence-corrected chi connectivity index (χ1v) is 8.23. The van der Waals surface area contributed by atoms with E-state index in [9.17, 15) is 4.79 Å². The molecule has 5 heteroatoms. The van der Waals surface area contributed by atoms with Gasteiger partial charge in [0, 0.05) is 6.07 Å². The van der Waals surface area contributed by atoms with Gasteiger partial charge in [0.1, 0.15) is 5.76 Å². The maximum absolute atomic E-state index is 12.5. The Morgan fingerprint density at radius 2 is 1.56 bits per heavy atom. The number of aromatic nitrogens is 1. The minimum atomic E-state index is -0.414. The summed E-state index contributed by atoms with van der Waals surface area (Å²) in [6.07, 6.45) is 0. The van der Waals surface area contributed by atoms with Crippen LogP contribution >= 0.6 is 0 Å². The summed E-state index contributed by atoms with van der Waals surface area (Å²) in [6.45, 7) is 3.62. The number of amides is 1. The van der Waals surface area contributed by atoms with Gasteiger partial charge in [-0.05, 0) is 25.0 Å². The molecule has 0 bridgehead atoms. The minimum Gasteiger partial charge on any atom is -0.360 e. The highest BCUT2D eigenvalue weighted by atomic mass is 16.5. The molecule has 0 aliphatic carbocycles. The normalized spacial score (nSPS) is 12.1. The van der Waals surface area contributed by atoms with Gasteiger partial charge in [-0.25, -0.2) is 0 Å². The fourth-order valence-electron chi connectivity index (χ4n) is 2.66. The maximum Gasteiger partial charge on any atom is 0.242 e. The summed E-state index contributed by atoms with van der Waals surface area (Å²) in [6, 6.07) is 21.3. The van der Waals surface area contributed by atoms with Crippen LogP contribution in [0.25, 0.3) is 0 Å². The molecule has 2 N–H and O–H groups in total. The predicted octanol–water partition coefficient (Wildman–Crippen LogP) is 3.69. The number of anilines is 1. The molecule has 0 radical (unpaired) electrons. The van der Waals surface area contributed by atoms with Crippen molar-refractivity contribution in [3.05, 3.63) is 83.6 Å². The summed E-state index contributed by atoms with van der Waals surface area (Å²) in [7, 11) is 0. The summed E-state index contributed by atoms with van der Waals surface area (Å²) in [5.41, 5.74) is 2.20. The second-order valence-corrected chi connectivity index (χ2v) is 5.95. The molecule has 3 aromatic rings. The maximum atomic E-state index is 12.5. The number of benzene rings is 2. The minimum absolute atomic E-state index is 0.0813. The summed E-state index contributed by atoms with van der Waals surface area (Å²) >= 11 is 0. The standard InChI is InChI=1S/C20H21N3O2/c1-14-13-18(23-25-14)22-20(24)15(2)21-19(16-9-5-3-6-10-16)17-11-7-4-8-12-17/h3-13,15,19,21H,1-2H3,(H,22,23,24)/t15-/m1/s1. The number of nitrogens with zero attached hydrogens (tertiary/aromatic N) is 1. The number of rotatable bonds is 6. The Kier molecular flexibility index (Phi) is 5.26. The molecule has 1 heterocycles. The molecule has 3 rings (SSSR count). The van der Waals surface area contributed by atoms with E-state index in [1.54, 1.807) is 13.0 Å². The molecule has 25 heavy (non-hydrogen) atoms. The van der Waals surface area contributed by atoms with Crippen molar-refractivity contribution >= 4 is 11.7 Å². The lowest BCUT2D eigenvalue weighted by Gasteiger charge is -2.23. The SMILES string of the molecule is Cc1cc(NC(=O)[C@@H](C)NC(c2ccccc2)c2ccccc2)no1. The van der Waals surface area contributed by atoms with Crippen LogP contribution in [0.3, 0.4) is 0 Å². The first-order valence-electron chi connectivity index (χ1n) is 8.23. The molecule has 0 saturated heterocycles. The third-order valence-corrected chi connectivity index (χ3v) is 3.95. The second kappa shape index (κ2) is 7.77. The van der Waals surface area contributed by atoms with Crippen LogP contribution in [0.2, 0.25) is 0 Å². The van der Waals surface area contributed by atoms with Gasteiger partial charge >= 0.3 is 0 Å². The van der Waals surface area contributed by atoms with Crippen molar-refractivity contribution in [2.45, 2.75) is 25.9 Å². The molecule has 5 nitrogen and oxygen atoms in total. The average Bonchev–Trinajstić information content (AvgIpc) is 3.05. The van der Waals surface area contributed by atoms with E-state index in [0.29, 0.717) is 11.6 Å². The number of carbonyl (C=O) groups excluding carboxylic acids is 1. The van der Waals surface area contributed by atoms with Crippen molar-refractivity contribution in [1.82, 2.24) is 10.5 Å². The fourth-order valence-corrected chi connectivity index (χ4v) is 2.66. The van der Waals surface area contributed by atoms with Crippen LogP contribution in [0, 0.1) is 6.92 Å². The highest BCUT2D eigenvalue weighted by molar-refractivity contribution is 5.93. The third-order valence-electron chi connectivity index (χ3n) is 3.95. The first-order chi connectivity index (χ1) is 12.1. The number of hydrogen-bond donors (Lipinski definition) is 2. The van der Waals surface area contributed by atoms with Gasteiger partial charge in [-0.1, -0.05) is 65.8 Å². The average molecular weight is 335 g/mol. The quantitative estimate of drug-likeness (QED) is 0.721. The largest absolute Gasteiger partial charge is 0.360 e. The van der Waals surface area contributed by atoms with E-state index in [1.807, 2.05) is 43.3 Å². The van der Waals surface area contributed by atoms with E-state index in [-0.39, 0.29) is 11.9 Å². The predicted molar refractivity (Wildman–Crippen MR) is 97.2 cm³/mol. The van der Waals surface area contributed by atoms with Crippen LogP contribution in [0.1, 0.15) is 29.9 Å².